The van der Waals surface area contributed by atoms with E-state index in [1.165, 1.54) is 16.1 Å². The number of carbonyl (C=O) groups is 1. The largest absolute Gasteiger partial charge is 0.327 e. The van der Waals surface area contributed by atoms with Crippen LogP contribution in [0.4, 0.5) is 0 Å². The van der Waals surface area contributed by atoms with Crippen LogP contribution in [0.3, 0.4) is 0 Å². The van der Waals surface area contributed by atoms with Crippen molar-refractivity contribution in [1.82, 2.24) is 19.6 Å². The first kappa shape index (κ1) is 13.4. The molecule has 0 aliphatic carbocycles. The molecule has 0 saturated carbocycles. The highest BCUT2D eigenvalue weighted by Gasteiger charge is 2.15. The summed E-state index contributed by atoms with van der Waals surface area (Å²) in [7, 11) is 1.84. The number of hydrogen-bond acceptors (Lipinski definition) is 4. The molecule has 0 bridgehead atoms. The molecule has 0 fully saturated rings. The molecule has 106 valence electrons. The summed E-state index contributed by atoms with van der Waals surface area (Å²) in [6.45, 7) is 1.75. The third-order valence-electron chi connectivity index (χ3n) is 2.93. The predicted octanol–water partition coefficient (Wildman–Crippen LogP) is 1.72. The number of amides is 1. The number of carbonyl (C=O) groups excluding carboxylic acids is 1. The molecular formula is C14H13N5OS. The first-order chi connectivity index (χ1) is 10.1. The van der Waals surface area contributed by atoms with Crippen molar-refractivity contribution in [3.63, 3.8) is 0 Å². The maximum atomic E-state index is 12.2. The van der Waals surface area contributed by atoms with E-state index < -0.39 is 0 Å². The van der Waals surface area contributed by atoms with Crippen molar-refractivity contribution in [1.29, 1.82) is 0 Å². The number of thiazole rings is 1. The minimum atomic E-state index is -0.382. The van der Waals surface area contributed by atoms with E-state index in [9.17, 15) is 4.79 Å². The Labute approximate surface area is 125 Å². The molecule has 0 aliphatic heterocycles. The molecule has 3 aromatic rings. The number of aryl methyl sites for hydroxylation is 2. The van der Waals surface area contributed by atoms with Gasteiger partial charge in [-0.15, -0.1) is 16.4 Å². The number of nitrogens with zero attached hydrogens (tertiary/aromatic N) is 5. The van der Waals surface area contributed by atoms with Gasteiger partial charge in [-0.25, -0.2) is 0 Å². The van der Waals surface area contributed by atoms with Gasteiger partial charge in [0.1, 0.15) is 0 Å². The zero-order valence-corrected chi connectivity index (χ0v) is 12.4. The molecule has 3 rings (SSSR count). The standard InChI is InChI=1S/C14H13N5OS/c1-10-12(13(20)15-14-18(2)8-9-21-14)17-19(16-10)11-6-4-3-5-7-11/h3-9H,1-2H3. The minimum Gasteiger partial charge on any atom is -0.327 e. The molecule has 0 atom stereocenters. The highest BCUT2D eigenvalue weighted by atomic mass is 32.1. The molecule has 0 N–H and O–H groups in total. The third-order valence-corrected chi connectivity index (χ3v) is 3.78. The first-order valence-corrected chi connectivity index (χ1v) is 7.21. The molecule has 6 nitrogen and oxygen atoms in total. The first-order valence-electron chi connectivity index (χ1n) is 6.34. The van der Waals surface area contributed by atoms with Crippen LogP contribution in [-0.2, 0) is 7.05 Å². The van der Waals surface area contributed by atoms with Crippen molar-refractivity contribution in [2.75, 3.05) is 0 Å². The molecule has 2 heterocycles. The fourth-order valence-electron chi connectivity index (χ4n) is 1.83. The third kappa shape index (κ3) is 2.68. The molecule has 7 heteroatoms. The van der Waals surface area contributed by atoms with Crippen LogP contribution >= 0.6 is 11.3 Å². The van der Waals surface area contributed by atoms with Crippen LogP contribution in [0.15, 0.2) is 46.9 Å². The Morgan fingerprint density at radius 2 is 2.00 bits per heavy atom. The van der Waals surface area contributed by atoms with Gasteiger partial charge in [0, 0.05) is 18.6 Å². The molecule has 1 aromatic carbocycles. The predicted molar refractivity (Wildman–Crippen MR) is 79.3 cm³/mol. The lowest BCUT2D eigenvalue weighted by atomic mass is 10.3. The van der Waals surface area contributed by atoms with Gasteiger partial charge in [0.05, 0.1) is 11.4 Å². The lowest BCUT2D eigenvalue weighted by molar-refractivity contribution is 0.0992. The Morgan fingerprint density at radius 3 is 2.67 bits per heavy atom. The Kier molecular flexibility index (Phi) is 3.49. The Balaban J connectivity index is 1.99. The van der Waals surface area contributed by atoms with Gasteiger partial charge in [0.2, 0.25) is 0 Å². The molecular weight excluding hydrogens is 286 g/mol. The Hall–Kier alpha value is -2.54. The van der Waals surface area contributed by atoms with E-state index in [0.717, 1.165) is 5.69 Å². The molecule has 0 radical (unpaired) electrons. The average Bonchev–Trinajstić information content (AvgIpc) is 3.06. The van der Waals surface area contributed by atoms with Crippen LogP contribution in [0.25, 0.3) is 5.69 Å². The van der Waals surface area contributed by atoms with E-state index in [1.807, 2.05) is 49.0 Å². The second-order valence-electron chi connectivity index (χ2n) is 4.47. The highest BCUT2D eigenvalue weighted by Crippen LogP contribution is 2.09. The molecule has 1 amide bonds. The molecule has 0 spiro atoms. The summed E-state index contributed by atoms with van der Waals surface area (Å²) in [6.07, 6.45) is 1.85. The van der Waals surface area contributed by atoms with Crippen LogP contribution in [0.1, 0.15) is 16.2 Å². The summed E-state index contributed by atoms with van der Waals surface area (Å²) >= 11 is 1.40. The van der Waals surface area contributed by atoms with Crippen molar-refractivity contribution >= 4 is 17.2 Å². The van der Waals surface area contributed by atoms with Gasteiger partial charge in [-0.05, 0) is 19.1 Å². The van der Waals surface area contributed by atoms with Crippen molar-refractivity contribution in [3.05, 3.63) is 58.1 Å². The summed E-state index contributed by atoms with van der Waals surface area (Å²) in [4.78, 5) is 18.4. The number of hydrogen-bond donors (Lipinski definition) is 0. The van der Waals surface area contributed by atoms with E-state index in [0.29, 0.717) is 10.5 Å². The molecule has 0 aliphatic rings. The van der Waals surface area contributed by atoms with Crippen LogP contribution < -0.4 is 4.80 Å². The van der Waals surface area contributed by atoms with Crippen LogP contribution in [-0.4, -0.2) is 25.5 Å². The number of para-hydroxylation sites is 1. The summed E-state index contributed by atoms with van der Waals surface area (Å²) in [6, 6.07) is 9.46. The van der Waals surface area contributed by atoms with Crippen molar-refractivity contribution < 1.29 is 4.79 Å². The average molecular weight is 299 g/mol. The molecule has 0 unspecified atom stereocenters. The van der Waals surface area contributed by atoms with E-state index in [-0.39, 0.29) is 11.6 Å². The van der Waals surface area contributed by atoms with Gasteiger partial charge < -0.3 is 4.57 Å². The molecule has 21 heavy (non-hydrogen) atoms. The highest BCUT2D eigenvalue weighted by molar-refractivity contribution is 7.07. The van der Waals surface area contributed by atoms with E-state index in [1.54, 1.807) is 11.5 Å². The number of rotatable bonds is 2. The van der Waals surface area contributed by atoms with Gasteiger partial charge in [-0.2, -0.15) is 14.9 Å². The summed E-state index contributed by atoms with van der Waals surface area (Å²) in [5.41, 5.74) is 1.64. The summed E-state index contributed by atoms with van der Waals surface area (Å²) in [5.74, 6) is -0.382. The van der Waals surface area contributed by atoms with Crippen LogP contribution in [0.2, 0.25) is 0 Å². The van der Waals surface area contributed by atoms with Gasteiger partial charge >= 0.3 is 5.91 Å². The lowest BCUT2D eigenvalue weighted by Crippen LogP contribution is -2.13. The Bertz CT molecular complexity index is 844. The fraction of sp³-hybridized carbons (Fsp3) is 0.143. The maximum absolute atomic E-state index is 12.2. The van der Waals surface area contributed by atoms with Gasteiger partial charge in [0.15, 0.2) is 10.5 Å². The monoisotopic (exact) mass is 299 g/mol. The maximum Gasteiger partial charge on any atom is 0.302 e. The van der Waals surface area contributed by atoms with Gasteiger partial charge in [-0.3, -0.25) is 4.79 Å². The van der Waals surface area contributed by atoms with Gasteiger partial charge in [-0.1, -0.05) is 18.2 Å². The fourth-order valence-corrected chi connectivity index (χ4v) is 2.56. The Morgan fingerprint density at radius 1 is 1.24 bits per heavy atom. The smallest absolute Gasteiger partial charge is 0.302 e. The lowest BCUT2D eigenvalue weighted by Gasteiger charge is -1.96. The van der Waals surface area contributed by atoms with Crippen molar-refractivity contribution in [3.8, 4) is 5.69 Å². The van der Waals surface area contributed by atoms with Crippen LogP contribution in [0.5, 0.6) is 0 Å². The van der Waals surface area contributed by atoms with Crippen molar-refractivity contribution in [2.45, 2.75) is 6.92 Å². The van der Waals surface area contributed by atoms with Crippen LogP contribution in [0, 0.1) is 6.92 Å². The summed E-state index contributed by atoms with van der Waals surface area (Å²) < 4.78 is 1.79. The molecule has 2 aromatic heterocycles. The zero-order chi connectivity index (χ0) is 14.8. The zero-order valence-electron chi connectivity index (χ0n) is 11.6. The SMILES string of the molecule is Cc1nn(-c2ccccc2)nc1C(=O)N=c1sccn1C. The second-order valence-corrected chi connectivity index (χ2v) is 5.35. The number of benzene rings is 1. The second kappa shape index (κ2) is 5.45. The quantitative estimate of drug-likeness (QED) is 0.723. The number of aromatic nitrogens is 4. The van der Waals surface area contributed by atoms with E-state index in [4.69, 9.17) is 0 Å². The van der Waals surface area contributed by atoms with Gasteiger partial charge in [0.25, 0.3) is 0 Å². The normalized spacial score (nSPS) is 11.8. The molecule has 0 saturated heterocycles. The van der Waals surface area contributed by atoms with Crippen molar-refractivity contribution in [2.24, 2.45) is 12.0 Å². The summed E-state index contributed by atoms with van der Waals surface area (Å²) in [5, 5.41) is 10.4. The topological polar surface area (TPSA) is 65.1 Å². The minimum absolute atomic E-state index is 0.271. The van der Waals surface area contributed by atoms with E-state index >= 15 is 0 Å². The van der Waals surface area contributed by atoms with E-state index in [2.05, 4.69) is 15.2 Å².